The summed E-state index contributed by atoms with van der Waals surface area (Å²) in [5.41, 5.74) is 7.38. The van der Waals surface area contributed by atoms with Gasteiger partial charge in [-0.25, -0.2) is 0 Å². The van der Waals surface area contributed by atoms with Crippen LogP contribution in [0.5, 0.6) is 0 Å². The molecule has 1 atom stereocenters. The molecule has 0 saturated carbocycles. The molecule has 1 aromatic carbocycles. The van der Waals surface area contributed by atoms with Gasteiger partial charge in [-0.2, -0.15) is 11.8 Å². The fourth-order valence-corrected chi connectivity index (χ4v) is 3.89. The van der Waals surface area contributed by atoms with Gasteiger partial charge in [0.2, 0.25) is 0 Å². The number of rotatable bonds is 5. The Labute approximate surface area is 103 Å². The molecule has 0 spiro atoms. The summed E-state index contributed by atoms with van der Waals surface area (Å²) in [6, 6.07) is 10.8. The van der Waals surface area contributed by atoms with Crippen LogP contribution >= 0.6 is 11.8 Å². The molecule has 1 aliphatic heterocycles. The van der Waals surface area contributed by atoms with Crippen molar-refractivity contribution in [2.45, 2.75) is 36.9 Å². The van der Waals surface area contributed by atoms with Crippen molar-refractivity contribution < 1.29 is 0 Å². The van der Waals surface area contributed by atoms with Crippen molar-refractivity contribution in [2.75, 3.05) is 12.3 Å². The summed E-state index contributed by atoms with van der Waals surface area (Å²) >= 11 is 2.10. The van der Waals surface area contributed by atoms with Crippen molar-refractivity contribution in [3.8, 4) is 0 Å². The minimum absolute atomic E-state index is 0.411. The molecular weight excluding hydrogens is 214 g/mol. The SMILES string of the molecule is NCC1(CCCc2ccccc2)CCCS1. The van der Waals surface area contributed by atoms with Crippen LogP contribution in [0.25, 0.3) is 0 Å². The lowest BCUT2D eigenvalue weighted by atomic mass is 9.95. The first-order chi connectivity index (χ1) is 7.85. The average molecular weight is 235 g/mol. The maximum Gasteiger partial charge on any atom is 0.0282 e. The van der Waals surface area contributed by atoms with Gasteiger partial charge in [-0.1, -0.05) is 30.3 Å². The van der Waals surface area contributed by atoms with Crippen molar-refractivity contribution in [2.24, 2.45) is 5.73 Å². The first-order valence-corrected chi connectivity index (χ1v) is 7.21. The molecule has 2 heteroatoms. The Morgan fingerprint density at radius 2 is 2.06 bits per heavy atom. The Morgan fingerprint density at radius 3 is 2.69 bits per heavy atom. The highest BCUT2D eigenvalue weighted by molar-refractivity contribution is 8.00. The standard InChI is InChI=1S/C14H21NS/c15-12-14(10-5-11-16-14)9-4-8-13-6-2-1-3-7-13/h1-3,6-7H,4-5,8-12,15H2. The average Bonchev–Trinajstić information content (AvgIpc) is 2.80. The third-order valence-electron chi connectivity index (χ3n) is 3.50. The highest BCUT2D eigenvalue weighted by Gasteiger charge is 2.32. The van der Waals surface area contributed by atoms with Crippen LogP contribution in [-0.4, -0.2) is 17.0 Å². The predicted octanol–water partition coefficient (Wildman–Crippen LogP) is 3.23. The molecule has 0 amide bonds. The van der Waals surface area contributed by atoms with E-state index in [-0.39, 0.29) is 0 Å². The second kappa shape index (κ2) is 5.74. The second-order valence-corrected chi connectivity index (χ2v) is 6.24. The van der Waals surface area contributed by atoms with Crippen LogP contribution in [0.1, 0.15) is 31.2 Å². The molecular formula is C14H21NS. The van der Waals surface area contributed by atoms with Gasteiger partial charge in [0.05, 0.1) is 0 Å². The van der Waals surface area contributed by atoms with Crippen molar-refractivity contribution in [1.82, 2.24) is 0 Å². The van der Waals surface area contributed by atoms with Crippen LogP contribution in [0.15, 0.2) is 30.3 Å². The van der Waals surface area contributed by atoms with Crippen molar-refractivity contribution in [1.29, 1.82) is 0 Å². The number of thioether (sulfide) groups is 1. The summed E-state index contributed by atoms with van der Waals surface area (Å²) in [6.45, 7) is 0.854. The van der Waals surface area contributed by atoms with Gasteiger partial charge in [-0.15, -0.1) is 0 Å². The molecule has 2 N–H and O–H groups in total. The molecule has 1 fully saturated rings. The zero-order valence-electron chi connectivity index (χ0n) is 9.82. The van der Waals surface area contributed by atoms with Crippen LogP contribution in [0.4, 0.5) is 0 Å². The maximum atomic E-state index is 5.93. The van der Waals surface area contributed by atoms with Gasteiger partial charge in [-0.05, 0) is 43.4 Å². The van der Waals surface area contributed by atoms with E-state index in [1.54, 1.807) is 0 Å². The Bertz CT molecular complexity index is 304. The predicted molar refractivity (Wildman–Crippen MR) is 72.9 cm³/mol. The third kappa shape index (κ3) is 3.02. The zero-order valence-corrected chi connectivity index (χ0v) is 10.6. The summed E-state index contributed by atoms with van der Waals surface area (Å²) in [6.07, 6.45) is 6.43. The number of hydrogen-bond acceptors (Lipinski definition) is 2. The van der Waals surface area contributed by atoms with Gasteiger partial charge in [-0.3, -0.25) is 0 Å². The fraction of sp³-hybridized carbons (Fsp3) is 0.571. The summed E-state index contributed by atoms with van der Waals surface area (Å²) in [4.78, 5) is 0. The molecule has 0 aromatic heterocycles. The molecule has 1 saturated heterocycles. The molecule has 1 heterocycles. The quantitative estimate of drug-likeness (QED) is 0.848. The molecule has 1 unspecified atom stereocenters. The molecule has 1 aliphatic rings. The van der Waals surface area contributed by atoms with E-state index in [9.17, 15) is 0 Å². The molecule has 88 valence electrons. The number of nitrogens with two attached hydrogens (primary N) is 1. The van der Waals surface area contributed by atoms with Crippen LogP contribution in [0, 0.1) is 0 Å². The summed E-state index contributed by atoms with van der Waals surface area (Å²) in [5.74, 6) is 1.31. The van der Waals surface area contributed by atoms with Gasteiger partial charge in [0.15, 0.2) is 0 Å². The van der Waals surface area contributed by atoms with Gasteiger partial charge >= 0.3 is 0 Å². The lowest BCUT2D eigenvalue weighted by molar-refractivity contribution is 0.508. The minimum atomic E-state index is 0.411. The van der Waals surface area contributed by atoms with Crippen molar-refractivity contribution in [3.05, 3.63) is 35.9 Å². The summed E-state index contributed by atoms with van der Waals surface area (Å²) in [5, 5.41) is 0. The molecule has 0 radical (unpaired) electrons. The summed E-state index contributed by atoms with van der Waals surface area (Å²) < 4.78 is 0.411. The maximum absolute atomic E-state index is 5.93. The monoisotopic (exact) mass is 235 g/mol. The Balaban J connectivity index is 1.79. The van der Waals surface area contributed by atoms with E-state index in [0.717, 1.165) is 6.54 Å². The number of hydrogen-bond donors (Lipinski definition) is 1. The van der Waals surface area contributed by atoms with E-state index in [2.05, 4.69) is 42.1 Å². The molecule has 2 rings (SSSR count). The van der Waals surface area contributed by atoms with E-state index in [1.165, 1.54) is 43.4 Å². The highest BCUT2D eigenvalue weighted by atomic mass is 32.2. The Hall–Kier alpha value is -0.470. The van der Waals surface area contributed by atoms with E-state index < -0.39 is 0 Å². The Morgan fingerprint density at radius 1 is 1.25 bits per heavy atom. The third-order valence-corrected chi connectivity index (χ3v) is 5.18. The van der Waals surface area contributed by atoms with Gasteiger partial charge in [0.25, 0.3) is 0 Å². The topological polar surface area (TPSA) is 26.0 Å². The fourth-order valence-electron chi connectivity index (χ4n) is 2.47. The molecule has 0 bridgehead atoms. The Kier molecular flexibility index (Phi) is 4.30. The lowest BCUT2D eigenvalue weighted by Crippen LogP contribution is -2.31. The van der Waals surface area contributed by atoms with Crippen molar-refractivity contribution >= 4 is 11.8 Å². The van der Waals surface area contributed by atoms with E-state index in [4.69, 9.17) is 5.73 Å². The van der Waals surface area contributed by atoms with Crippen LogP contribution in [-0.2, 0) is 6.42 Å². The van der Waals surface area contributed by atoms with E-state index in [0.29, 0.717) is 4.75 Å². The number of aryl methyl sites for hydroxylation is 1. The highest BCUT2D eigenvalue weighted by Crippen LogP contribution is 2.41. The zero-order chi connectivity index (χ0) is 11.3. The van der Waals surface area contributed by atoms with Crippen LogP contribution in [0.3, 0.4) is 0 Å². The summed E-state index contributed by atoms with van der Waals surface area (Å²) in [7, 11) is 0. The number of benzene rings is 1. The largest absolute Gasteiger partial charge is 0.329 e. The van der Waals surface area contributed by atoms with Crippen LogP contribution < -0.4 is 5.73 Å². The molecule has 16 heavy (non-hydrogen) atoms. The van der Waals surface area contributed by atoms with Crippen LogP contribution in [0.2, 0.25) is 0 Å². The minimum Gasteiger partial charge on any atom is -0.329 e. The lowest BCUT2D eigenvalue weighted by Gasteiger charge is -2.26. The van der Waals surface area contributed by atoms with Gasteiger partial charge in [0, 0.05) is 11.3 Å². The normalized spacial score (nSPS) is 24.8. The van der Waals surface area contributed by atoms with Gasteiger partial charge < -0.3 is 5.73 Å². The molecule has 1 aromatic rings. The van der Waals surface area contributed by atoms with Gasteiger partial charge in [0.1, 0.15) is 0 Å². The smallest absolute Gasteiger partial charge is 0.0282 e. The molecule has 1 nitrogen and oxygen atoms in total. The first-order valence-electron chi connectivity index (χ1n) is 6.23. The van der Waals surface area contributed by atoms with E-state index in [1.807, 2.05) is 0 Å². The van der Waals surface area contributed by atoms with Crippen molar-refractivity contribution in [3.63, 3.8) is 0 Å². The molecule has 0 aliphatic carbocycles. The van der Waals surface area contributed by atoms with E-state index >= 15 is 0 Å². The second-order valence-electron chi connectivity index (χ2n) is 4.68. The first kappa shape index (κ1) is 12.0.